The monoisotopic (exact) mass is 238 g/mol. The molecule has 0 saturated carbocycles. The topological polar surface area (TPSA) is 15.3 Å². The summed E-state index contributed by atoms with van der Waals surface area (Å²) in [7, 11) is 2.23. The van der Waals surface area contributed by atoms with Gasteiger partial charge in [0.15, 0.2) is 0 Å². The van der Waals surface area contributed by atoms with Gasteiger partial charge in [-0.3, -0.25) is 0 Å². The highest BCUT2D eigenvalue weighted by Gasteiger charge is 2.32. The second kappa shape index (κ2) is 5.30. The molecular weight excluding hydrogens is 216 g/mol. The second-order valence-corrected chi connectivity index (χ2v) is 5.75. The number of likely N-dealkylation sites (N-methyl/N-ethyl adjacent to an activating group) is 1. The molecule has 2 heterocycles. The highest BCUT2D eigenvalue weighted by atomic mass is 32.1. The first-order chi connectivity index (χ1) is 7.74. The predicted octanol–water partition coefficient (Wildman–Crippen LogP) is 2.71. The quantitative estimate of drug-likeness (QED) is 0.848. The van der Waals surface area contributed by atoms with Gasteiger partial charge in [0, 0.05) is 18.6 Å². The van der Waals surface area contributed by atoms with Crippen LogP contribution in [0.15, 0.2) is 16.8 Å². The molecule has 3 heteroatoms. The Hall–Kier alpha value is -0.380. The summed E-state index contributed by atoms with van der Waals surface area (Å²) in [6.07, 6.45) is 3.90. The SMILES string of the molecule is CCC1(CN(C)Cc2ccsc2)CCCN1. The van der Waals surface area contributed by atoms with E-state index in [1.165, 1.54) is 37.9 Å². The molecule has 0 spiro atoms. The van der Waals surface area contributed by atoms with Crippen LogP contribution in [0.5, 0.6) is 0 Å². The Kier molecular flexibility index (Phi) is 4.00. The first-order valence-corrected chi connectivity index (χ1v) is 7.13. The first-order valence-electron chi connectivity index (χ1n) is 6.19. The summed E-state index contributed by atoms with van der Waals surface area (Å²) in [5.74, 6) is 0. The normalized spacial score (nSPS) is 25.4. The second-order valence-electron chi connectivity index (χ2n) is 4.97. The lowest BCUT2D eigenvalue weighted by molar-refractivity contribution is 0.214. The van der Waals surface area contributed by atoms with E-state index >= 15 is 0 Å². The molecule has 1 aromatic heterocycles. The minimum absolute atomic E-state index is 0.380. The van der Waals surface area contributed by atoms with Gasteiger partial charge < -0.3 is 10.2 Å². The molecule has 2 nitrogen and oxygen atoms in total. The third-order valence-electron chi connectivity index (χ3n) is 3.61. The maximum atomic E-state index is 3.69. The van der Waals surface area contributed by atoms with Crippen molar-refractivity contribution >= 4 is 11.3 Å². The van der Waals surface area contributed by atoms with Crippen molar-refractivity contribution in [2.45, 2.75) is 38.3 Å². The van der Waals surface area contributed by atoms with Gasteiger partial charge in [0.2, 0.25) is 0 Å². The van der Waals surface area contributed by atoms with Gasteiger partial charge in [-0.05, 0) is 55.2 Å². The van der Waals surface area contributed by atoms with Crippen molar-refractivity contribution in [2.24, 2.45) is 0 Å². The molecule has 0 bridgehead atoms. The van der Waals surface area contributed by atoms with Crippen LogP contribution >= 0.6 is 11.3 Å². The van der Waals surface area contributed by atoms with Crippen LogP contribution in [0.4, 0.5) is 0 Å². The standard InChI is InChI=1S/C13H22N2S/c1-3-13(6-4-7-14-13)11-15(2)9-12-5-8-16-10-12/h5,8,10,14H,3-4,6-7,9,11H2,1-2H3. The van der Waals surface area contributed by atoms with Gasteiger partial charge in [0.1, 0.15) is 0 Å². The van der Waals surface area contributed by atoms with Crippen molar-refractivity contribution in [2.75, 3.05) is 20.1 Å². The van der Waals surface area contributed by atoms with Crippen molar-refractivity contribution in [1.82, 2.24) is 10.2 Å². The molecule has 90 valence electrons. The highest BCUT2D eigenvalue weighted by molar-refractivity contribution is 7.07. The van der Waals surface area contributed by atoms with E-state index < -0.39 is 0 Å². The summed E-state index contributed by atoms with van der Waals surface area (Å²) in [4.78, 5) is 2.45. The molecular formula is C13H22N2S. The number of hydrogen-bond donors (Lipinski definition) is 1. The maximum Gasteiger partial charge on any atom is 0.0306 e. The molecule has 2 rings (SSSR count). The van der Waals surface area contributed by atoms with E-state index in [-0.39, 0.29) is 0 Å². The van der Waals surface area contributed by atoms with E-state index in [1.54, 1.807) is 11.3 Å². The average molecular weight is 238 g/mol. The van der Waals surface area contributed by atoms with Crippen LogP contribution in [0, 0.1) is 0 Å². The van der Waals surface area contributed by atoms with E-state index in [0.29, 0.717) is 5.54 Å². The molecule has 1 saturated heterocycles. The highest BCUT2D eigenvalue weighted by Crippen LogP contribution is 2.24. The largest absolute Gasteiger partial charge is 0.310 e. The molecule has 1 unspecified atom stereocenters. The van der Waals surface area contributed by atoms with Crippen molar-refractivity contribution < 1.29 is 0 Å². The van der Waals surface area contributed by atoms with Crippen molar-refractivity contribution in [3.05, 3.63) is 22.4 Å². The molecule has 1 atom stereocenters. The van der Waals surface area contributed by atoms with Crippen LogP contribution in [0.3, 0.4) is 0 Å². The molecule has 1 aromatic rings. The number of hydrogen-bond acceptors (Lipinski definition) is 3. The van der Waals surface area contributed by atoms with Gasteiger partial charge >= 0.3 is 0 Å². The summed E-state index contributed by atoms with van der Waals surface area (Å²) in [6.45, 7) is 5.74. The third-order valence-corrected chi connectivity index (χ3v) is 4.35. The fourth-order valence-corrected chi connectivity index (χ4v) is 3.34. The van der Waals surface area contributed by atoms with Crippen molar-refractivity contribution in [3.63, 3.8) is 0 Å². The maximum absolute atomic E-state index is 3.69. The molecule has 1 aliphatic rings. The van der Waals surface area contributed by atoms with E-state index in [9.17, 15) is 0 Å². The lowest BCUT2D eigenvalue weighted by atomic mass is 9.93. The number of thiophene rings is 1. The smallest absolute Gasteiger partial charge is 0.0306 e. The summed E-state index contributed by atoms with van der Waals surface area (Å²) in [6, 6.07) is 2.22. The zero-order chi connectivity index (χ0) is 11.4. The van der Waals surface area contributed by atoms with Gasteiger partial charge in [-0.25, -0.2) is 0 Å². The Labute approximate surface area is 103 Å². The van der Waals surface area contributed by atoms with Gasteiger partial charge in [0.25, 0.3) is 0 Å². The summed E-state index contributed by atoms with van der Waals surface area (Å²) in [5, 5.41) is 8.10. The minimum atomic E-state index is 0.380. The fraction of sp³-hybridized carbons (Fsp3) is 0.692. The van der Waals surface area contributed by atoms with Gasteiger partial charge in [0.05, 0.1) is 0 Å². The molecule has 1 N–H and O–H groups in total. The lowest BCUT2D eigenvalue weighted by Gasteiger charge is -2.33. The third kappa shape index (κ3) is 2.84. The molecule has 0 radical (unpaired) electrons. The van der Waals surface area contributed by atoms with Gasteiger partial charge in [-0.1, -0.05) is 6.92 Å². The number of nitrogens with one attached hydrogen (secondary N) is 1. The van der Waals surface area contributed by atoms with Crippen molar-refractivity contribution in [3.8, 4) is 0 Å². The Balaban J connectivity index is 1.88. The van der Waals surface area contributed by atoms with Crippen LogP contribution in [0.2, 0.25) is 0 Å². The summed E-state index contributed by atoms with van der Waals surface area (Å²) in [5.41, 5.74) is 1.82. The molecule has 0 amide bonds. The molecule has 0 aromatic carbocycles. The Morgan fingerprint density at radius 1 is 1.56 bits per heavy atom. The van der Waals surface area contributed by atoms with Gasteiger partial charge in [-0.15, -0.1) is 0 Å². The summed E-state index contributed by atoms with van der Waals surface area (Å²) >= 11 is 1.79. The lowest BCUT2D eigenvalue weighted by Crippen LogP contribution is -2.48. The van der Waals surface area contributed by atoms with E-state index in [4.69, 9.17) is 0 Å². The van der Waals surface area contributed by atoms with Crippen LogP contribution in [-0.4, -0.2) is 30.6 Å². The van der Waals surface area contributed by atoms with Crippen molar-refractivity contribution in [1.29, 1.82) is 0 Å². The Morgan fingerprint density at radius 3 is 3.00 bits per heavy atom. The van der Waals surface area contributed by atoms with E-state index in [1.807, 2.05) is 0 Å². The van der Waals surface area contributed by atoms with E-state index in [2.05, 4.69) is 41.0 Å². The summed E-state index contributed by atoms with van der Waals surface area (Å²) < 4.78 is 0. The van der Waals surface area contributed by atoms with Crippen LogP contribution < -0.4 is 5.32 Å². The number of rotatable bonds is 5. The minimum Gasteiger partial charge on any atom is -0.310 e. The molecule has 1 aliphatic heterocycles. The average Bonchev–Trinajstić information content (AvgIpc) is 2.90. The first kappa shape index (κ1) is 12.1. The number of nitrogens with zero attached hydrogens (tertiary/aromatic N) is 1. The fourth-order valence-electron chi connectivity index (χ4n) is 2.68. The molecule has 16 heavy (non-hydrogen) atoms. The van der Waals surface area contributed by atoms with Gasteiger partial charge in [-0.2, -0.15) is 11.3 Å². The molecule has 1 fully saturated rings. The van der Waals surface area contributed by atoms with Crippen LogP contribution in [-0.2, 0) is 6.54 Å². The zero-order valence-corrected chi connectivity index (χ0v) is 11.1. The predicted molar refractivity (Wildman–Crippen MR) is 70.9 cm³/mol. The van der Waals surface area contributed by atoms with Crippen LogP contribution in [0.1, 0.15) is 31.7 Å². The zero-order valence-electron chi connectivity index (χ0n) is 10.3. The Bertz CT molecular complexity index is 302. The van der Waals surface area contributed by atoms with Crippen LogP contribution in [0.25, 0.3) is 0 Å². The Morgan fingerprint density at radius 2 is 2.44 bits per heavy atom. The molecule has 0 aliphatic carbocycles. The van der Waals surface area contributed by atoms with E-state index in [0.717, 1.165) is 6.54 Å².